The summed E-state index contributed by atoms with van der Waals surface area (Å²) in [5.74, 6) is -0.123. The van der Waals surface area contributed by atoms with Gasteiger partial charge in [0, 0.05) is 6.42 Å². The van der Waals surface area contributed by atoms with Crippen LogP contribution in [0.2, 0.25) is 0 Å². The number of rotatable bonds is 6. The molecule has 2 amide bonds. The van der Waals surface area contributed by atoms with Gasteiger partial charge in [-0.2, -0.15) is 10.1 Å². The molecule has 1 aliphatic rings. The highest BCUT2D eigenvalue weighted by Gasteiger charge is 2.36. The highest BCUT2D eigenvalue weighted by Crippen LogP contribution is 2.32. The number of carbonyl (C=O) groups is 2. The van der Waals surface area contributed by atoms with Crippen molar-refractivity contribution in [3.05, 3.63) is 65.7 Å². The molecule has 0 saturated carbocycles. The Morgan fingerprint density at radius 2 is 1.81 bits per heavy atom. The third-order valence-electron chi connectivity index (χ3n) is 4.42. The van der Waals surface area contributed by atoms with Gasteiger partial charge in [-0.05, 0) is 42.8 Å². The first kappa shape index (κ1) is 23.1. The van der Waals surface area contributed by atoms with Crippen LogP contribution in [0.25, 0.3) is 6.08 Å². The Labute approximate surface area is 195 Å². The summed E-state index contributed by atoms with van der Waals surface area (Å²) >= 11 is 17.8. The van der Waals surface area contributed by atoms with Crippen LogP contribution in [0.15, 0.2) is 65.3 Å². The molecule has 0 aromatic heterocycles. The number of alkyl halides is 3. The topological polar surface area (TPSA) is 71.0 Å². The quantitative estimate of drug-likeness (QED) is 0.355. The first-order chi connectivity index (χ1) is 14.7. The summed E-state index contributed by atoms with van der Waals surface area (Å²) in [5, 5.41) is 8.26. The Morgan fingerprint density at radius 3 is 2.39 bits per heavy atom. The largest absolute Gasteiger partial charge is 0.466 e. The summed E-state index contributed by atoms with van der Waals surface area (Å²) in [6.45, 7) is 3.47. The maximum atomic E-state index is 12.8. The van der Waals surface area contributed by atoms with E-state index in [0.717, 1.165) is 5.56 Å². The smallest absolute Gasteiger partial charge is 0.280 e. The second-order valence-electron chi connectivity index (χ2n) is 6.73. The van der Waals surface area contributed by atoms with Crippen molar-refractivity contribution >= 4 is 64.1 Å². The number of nitrogens with one attached hydrogen (secondary N) is 1. The highest BCUT2D eigenvalue weighted by atomic mass is 35.6. The molecule has 0 spiro atoms. The number of carbonyl (C=O) groups excluding carboxylic acids is 2. The van der Waals surface area contributed by atoms with E-state index in [1.54, 1.807) is 44.2 Å². The van der Waals surface area contributed by atoms with Crippen LogP contribution in [0.4, 0.5) is 5.69 Å². The van der Waals surface area contributed by atoms with Crippen LogP contribution in [0.1, 0.15) is 25.8 Å². The molecule has 9 heteroatoms. The monoisotopic (exact) mass is 479 g/mol. The number of anilines is 1. The van der Waals surface area contributed by atoms with Gasteiger partial charge in [0.1, 0.15) is 5.75 Å². The van der Waals surface area contributed by atoms with E-state index < -0.39 is 10.0 Å². The molecule has 0 bridgehead atoms. The van der Waals surface area contributed by atoms with Gasteiger partial charge in [0.15, 0.2) is 0 Å². The zero-order valence-electron chi connectivity index (χ0n) is 16.8. The predicted molar refractivity (Wildman–Crippen MR) is 125 cm³/mol. The average Bonchev–Trinajstić information content (AvgIpc) is 3.02. The second kappa shape index (κ2) is 9.73. The number of amides is 2. The minimum Gasteiger partial charge on any atom is -0.466 e. The Hall–Kier alpha value is -2.54. The first-order valence-corrected chi connectivity index (χ1v) is 10.6. The molecule has 0 saturated heterocycles. The molecule has 0 fully saturated rings. The van der Waals surface area contributed by atoms with Gasteiger partial charge in [0.05, 0.1) is 17.0 Å². The number of hydrogen-bond donors (Lipinski definition) is 1. The normalized spacial score (nSPS) is 16.3. The summed E-state index contributed by atoms with van der Waals surface area (Å²) in [5.41, 5.74) is 2.58. The summed E-state index contributed by atoms with van der Waals surface area (Å²) in [4.78, 5) is 24.5. The second-order valence-corrected chi connectivity index (χ2v) is 9.09. The van der Waals surface area contributed by atoms with E-state index in [0.29, 0.717) is 22.7 Å². The van der Waals surface area contributed by atoms with Gasteiger partial charge in [0.2, 0.25) is 15.9 Å². The van der Waals surface area contributed by atoms with E-state index in [-0.39, 0.29) is 18.2 Å². The Balaban J connectivity index is 1.75. The lowest BCUT2D eigenvalue weighted by atomic mass is 10.1. The molecule has 6 nitrogen and oxygen atoms in total. The molecule has 2 aromatic rings. The molecule has 2 aromatic carbocycles. The molecule has 0 unspecified atom stereocenters. The number of para-hydroxylation sites is 1. The summed E-state index contributed by atoms with van der Waals surface area (Å²) in [7, 11) is 0. The van der Waals surface area contributed by atoms with Gasteiger partial charge < -0.3 is 10.1 Å². The number of hydrazone groups is 1. The van der Waals surface area contributed by atoms with Crippen LogP contribution in [0, 0.1) is 0 Å². The van der Waals surface area contributed by atoms with Crippen molar-refractivity contribution in [3.8, 4) is 5.75 Å². The lowest BCUT2D eigenvalue weighted by Crippen LogP contribution is -2.47. The van der Waals surface area contributed by atoms with Crippen LogP contribution in [-0.4, -0.2) is 27.5 Å². The molecule has 31 heavy (non-hydrogen) atoms. The average molecular weight is 481 g/mol. The summed E-state index contributed by atoms with van der Waals surface area (Å²) < 4.78 is 3.80. The molecular formula is C22H20Cl3N3O3. The standard InChI is InChI=1S/C22H20Cl3N3O3/c1-3-19(29)26-21(22(23,24)25)31-17-11-9-15(10-12-17)13-18-14(2)27-28(20(18)30)16-7-5-4-6-8-16/h4-13,21H,3H2,1-2H3,(H,26,29)/b18-13+/t21-/m1/s1. The fourth-order valence-corrected chi connectivity index (χ4v) is 3.10. The fourth-order valence-electron chi connectivity index (χ4n) is 2.80. The van der Waals surface area contributed by atoms with E-state index in [1.165, 1.54) is 5.01 Å². The van der Waals surface area contributed by atoms with E-state index in [2.05, 4.69) is 10.4 Å². The molecule has 1 atom stereocenters. The van der Waals surface area contributed by atoms with Gasteiger partial charge in [-0.1, -0.05) is 72.1 Å². The Bertz CT molecular complexity index is 1020. The van der Waals surface area contributed by atoms with E-state index in [4.69, 9.17) is 39.5 Å². The maximum absolute atomic E-state index is 12.8. The van der Waals surface area contributed by atoms with Crippen LogP contribution in [0.3, 0.4) is 0 Å². The van der Waals surface area contributed by atoms with Crippen molar-refractivity contribution in [2.75, 3.05) is 5.01 Å². The number of hydrogen-bond acceptors (Lipinski definition) is 4. The van der Waals surface area contributed by atoms with Gasteiger partial charge in [-0.15, -0.1) is 0 Å². The minimum atomic E-state index is -1.85. The van der Waals surface area contributed by atoms with E-state index in [9.17, 15) is 9.59 Å². The van der Waals surface area contributed by atoms with Crippen LogP contribution in [-0.2, 0) is 9.59 Å². The third kappa shape index (κ3) is 5.79. The minimum absolute atomic E-state index is 0.206. The number of benzene rings is 2. The van der Waals surface area contributed by atoms with Gasteiger partial charge in [0.25, 0.3) is 5.91 Å². The van der Waals surface area contributed by atoms with Gasteiger partial charge in [-0.3, -0.25) is 9.59 Å². The van der Waals surface area contributed by atoms with Crippen molar-refractivity contribution in [3.63, 3.8) is 0 Å². The zero-order valence-corrected chi connectivity index (χ0v) is 19.1. The molecule has 1 heterocycles. The fraction of sp³-hybridized carbons (Fsp3) is 0.227. The van der Waals surface area contributed by atoms with Crippen molar-refractivity contribution in [1.82, 2.24) is 5.32 Å². The van der Waals surface area contributed by atoms with Crippen LogP contribution < -0.4 is 15.1 Å². The SMILES string of the molecule is CCC(=O)N[C@H](Oc1ccc(/C=C2/C(=O)N(c3ccccc3)N=C2C)cc1)C(Cl)(Cl)Cl. The lowest BCUT2D eigenvalue weighted by molar-refractivity contribution is -0.123. The van der Waals surface area contributed by atoms with Gasteiger partial charge in [-0.25, -0.2) is 0 Å². The Morgan fingerprint density at radius 1 is 1.16 bits per heavy atom. The van der Waals surface area contributed by atoms with Crippen molar-refractivity contribution < 1.29 is 14.3 Å². The lowest BCUT2D eigenvalue weighted by Gasteiger charge is -2.26. The third-order valence-corrected chi connectivity index (χ3v) is 5.01. The van der Waals surface area contributed by atoms with Crippen molar-refractivity contribution in [2.24, 2.45) is 5.10 Å². The van der Waals surface area contributed by atoms with Crippen molar-refractivity contribution in [2.45, 2.75) is 30.3 Å². The van der Waals surface area contributed by atoms with Gasteiger partial charge >= 0.3 is 0 Å². The summed E-state index contributed by atoms with van der Waals surface area (Å²) in [6.07, 6.45) is 0.820. The Kier molecular flexibility index (Phi) is 7.26. The van der Waals surface area contributed by atoms with Crippen molar-refractivity contribution in [1.29, 1.82) is 0 Å². The molecule has 0 radical (unpaired) electrons. The zero-order chi connectivity index (χ0) is 22.6. The first-order valence-electron chi connectivity index (χ1n) is 9.48. The van der Waals surface area contributed by atoms with Crippen LogP contribution in [0.5, 0.6) is 5.75 Å². The predicted octanol–water partition coefficient (Wildman–Crippen LogP) is 5.09. The molecular weight excluding hydrogens is 461 g/mol. The number of nitrogens with zero attached hydrogens (tertiary/aromatic N) is 2. The maximum Gasteiger partial charge on any atom is 0.280 e. The summed E-state index contributed by atoms with van der Waals surface area (Å²) in [6, 6.07) is 16.1. The highest BCUT2D eigenvalue weighted by molar-refractivity contribution is 6.68. The molecule has 3 rings (SSSR count). The molecule has 1 N–H and O–H groups in total. The molecule has 162 valence electrons. The number of ether oxygens (including phenoxy) is 1. The van der Waals surface area contributed by atoms with E-state index in [1.807, 2.05) is 30.3 Å². The van der Waals surface area contributed by atoms with E-state index >= 15 is 0 Å². The molecule has 1 aliphatic heterocycles. The number of halogens is 3. The van der Waals surface area contributed by atoms with Crippen LogP contribution >= 0.6 is 34.8 Å². The molecule has 0 aliphatic carbocycles.